The van der Waals surface area contributed by atoms with E-state index in [2.05, 4.69) is 22.1 Å². The van der Waals surface area contributed by atoms with Gasteiger partial charge in [-0.15, -0.1) is 10.2 Å². The molecule has 190 valence electrons. The Morgan fingerprint density at radius 1 is 1.00 bits per heavy atom. The predicted octanol–water partition coefficient (Wildman–Crippen LogP) is 7.26. The molecule has 1 N–H and O–H groups in total. The third-order valence-corrected chi connectivity index (χ3v) is 5.65. The second-order valence-electron chi connectivity index (χ2n) is 7.86. The number of alkyl halides is 5. The van der Waals surface area contributed by atoms with Crippen molar-refractivity contribution in [1.82, 2.24) is 15.5 Å². The average molecular weight is 534 g/mol. The molecule has 0 spiro atoms. The van der Waals surface area contributed by atoms with Crippen LogP contribution in [-0.2, 0) is 12.1 Å². The lowest BCUT2D eigenvalue weighted by Gasteiger charge is -2.20. The minimum atomic E-state index is -4.63. The van der Waals surface area contributed by atoms with Gasteiger partial charge < -0.3 is 10.1 Å². The van der Waals surface area contributed by atoms with Gasteiger partial charge in [-0.3, -0.25) is 4.79 Å². The molecule has 0 saturated carbocycles. The Balaban J connectivity index is 1.66. The standard InChI is InChI=1S/C26H17ClF5N3O2/c1-2-15-10-11-19(20(27)12-15)25(28,29)14-33-23(36)22-18-8-3-4-9-21(18)34-35-24(22)37-17-7-5-6-16(13-17)26(30,31)32/h2-13H,1,14H2,(H,33,36). The lowest BCUT2D eigenvalue weighted by Crippen LogP contribution is -2.35. The highest BCUT2D eigenvalue weighted by atomic mass is 35.5. The van der Waals surface area contributed by atoms with Crippen molar-refractivity contribution < 1.29 is 31.5 Å². The van der Waals surface area contributed by atoms with Gasteiger partial charge in [0.1, 0.15) is 11.3 Å². The molecule has 4 rings (SSSR count). The van der Waals surface area contributed by atoms with E-state index in [1.807, 2.05) is 0 Å². The zero-order valence-electron chi connectivity index (χ0n) is 18.8. The number of carbonyl (C=O) groups is 1. The first-order valence-corrected chi connectivity index (χ1v) is 11.1. The summed E-state index contributed by atoms with van der Waals surface area (Å²) < 4.78 is 74.7. The van der Waals surface area contributed by atoms with E-state index in [0.717, 1.165) is 24.3 Å². The van der Waals surface area contributed by atoms with Crippen LogP contribution in [0.15, 0.2) is 73.3 Å². The maximum absolute atomic E-state index is 15.0. The van der Waals surface area contributed by atoms with Gasteiger partial charge >= 0.3 is 6.18 Å². The summed E-state index contributed by atoms with van der Waals surface area (Å²) in [5.41, 5.74) is -0.966. The van der Waals surface area contributed by atoms with Crippen LogP contribution in [0.5, 0.6) is 11.6 Å². The Labute approximate surface area is 212 Å². The van der Waals surface area contributed by atoms with Gasteiger partial charge in [0.2, 0.25) is 0 Å². The second-order valence-corrected chi connectivity index (χ2v) is 8.26. The Morgan fingerprint density at radius 2 is 1.76 bits per heavy atom. The summed E-state index contributed by atoms with van der Waals surface area (Å²) in [7, 11) is 0. The zero-order valence-corrected chi connectivity index (χ0v) is 19.6. The van der Waals surface area contributed by atoms with E-state index in [1.54, 1.807) is 12.1 Å². The van der Waals surface area contributed by atoms with Crippen molar-refractivity contribution in [2.45, 2.75) is 12.1 Å². The molecule has 4 aromatic rings. The van der Waals surface area contributed by atoms with E-state index in [1.165, 1.54) is 36.4 Å². The van der Waals surface area contributed by atoms with E-state index in [-0.39, 0.29) is 27.2 Å². The van der Waals surface area contributed by atoms with Crippen LogP contribution in [0.3, 0.4) is 0 Å². The molecule has 0 atom stereocenters. The molecule has 5 nitrogen and oxygen atoms in total. The summed E-state index contributed by atoms with van der Waals surface area (Å²) >= 11 is 6.00. The Morgan fingerprint density at radius 3 is 2.46 bits per heavy atom. The van der Waals surface area contributed by atoms with Crippen molar-refractivity contribution in [2.75, 3.05) is 6.54 Å². The van der Waals surface area contributed by atoms with Crippen LogP contribution < -0.4 is 10.1 Å². The monoisotopic (exact) mass is 533 g/mol. The van der Waals surface area contributed by atoms with Crippen LogP contribution in [0, 0.1) is 0 Å². The molecule has 0 aliphatic heterocycles. The number of benzene rings is 3. The Bertz CT molecular complexity index is 1490. The molecule has 11 heteroatoms. The fourth-order valence-electron chi connectivity index (χ4n) is 3.51. The van der Waals surface area contributed by atoms with Crippen LogP contribution in [0.25, 0.3) is 17.0 Å². The number of fused-ring (bicyclic) bond motifs is 1. The maximum atomic E-state index is 15.0. The van der Waals surface area contributed by atoms with E-state index in [4.69, 9.17) is 16.3 Å². The summed E-state index contributed by atoms with van der Waals surface area (Å²) in [4.78, 5) is 13.1. The van der Waals surface area contributed by atoms with E-state index >= 15 is 0 Å². The molecular formula is C26H17ClF5N3O2. The highest BCUT2D eigenvalue weighted by Gasteiger charge is 2.35. The van der Waals surface area contributed by atoms with Gasteiger partial charge in [-0.1, -0.05) is 60.7 Å². The average Bonchev–Trinajstić information content (AvgIpc) is 2.86. The van der Waals surface area contributed by atoms with Gasteiger partial charge in [-0.25, -0.2) is 0 Å². The number of amides is 1. The minimum Gasteiger partial charge on any atom is -0.437 e. The number of nitrogens with zero attached hydrogens (tertiary/aromatic N) is 2. The topological polar surface area (TPSA) is 64.1 Å². The molecule has 0 radical (unpaired) electrons. The van der Waals surface area contributed by atoms with Crippen LogP contribution in [-0.4, -0.2) is 22.6 Å². The summed E-state index contributed by atoms with van der Waals surface area (Å²) in [5, 5.41) is 9.89. The maximum Gasteiger partial charge on any atom is 0.416 e. The highest BCUT2D eigenvalue weighted by Crippen LogP contribution is 2.36. The SMILES string of the molecule is C=Cc1ccc(C(F)(F)CNC(=O)c2c(Oc3cccc(C(F)(F)F)c3)nnc3ccccc23)c(Cl)c1. The quantitative estimate of drug-likeness (QED) is 0.254. The minimum absolute atomic E-state index is 0.202. The third kappa shape index (κ3) is 5.69. The van der Waals surface area contributed by atoms with Crippen LogP contribution in [0.2, 0.25) is 5.02 Å². The molecule has 1 aromatic heterocycles. The molecule has 3 aromatic carbocycles. The van der Waals surface area contributed by atoms with Gasteiger partial charge in [-0.05, 0) is 35.9 Å². The highest BCUT2D eigenvalue weighted by molar-refractivity contribution is 6.31. The van der Waals surface area contributed by atoms with Crippen molar-refractivity contribution in [1.29, 1.82) is 0 Å². The van der Waals surface area contributed by atoms with Crippen molar-refractivity contribution in [3.63, 3.8) is 0 Å². The number of carbonyl (C=O) groups excluding carboxylic acids is 1. The fraction of sp³-hybridized carbons (Fsp3) is 0.115. The fourth-order valence-corrected chi connectivity index (χ4v) is 3.83. The number of hydrogen-bond donors (Lipinski definition) is 1. The number of ether oxygens (including phenoxy) is 1. The van der Waals surface area contributed by atoms with Crippen molar-refractivity contribution in [3.05, 3.63) is 101 Å². The van der Waals surface area contributed by atoms with Crippen LogP contribution >= 0.6 is 11.6 Å². The molecule has 37 heavy (non-hydrogen) atoms. The van der Waals surface area contributed by atoms with Crippen LogP contribution in [0.4, 0.5) is 22.0 Å². The normalized spacial score (nSPS) is 11.8. The first kappa shape index (κ1) is 26.0. The molecule has 1 heterocycles. The molecule has 0 aliphatic carbocycles. The van der Waals surface area contributed by atoms with Gasteiger partial charge in [0, 0.05) is 10.9 Å². The lowest BCUT2D eigenvalue weighted by molar-refractivity contribution is -0.137. The van der Waals surface area contributed by atoms with E-state index in [0.29, 0.717) is 5.56 Å². The number of halogens is 6. The number of nitrogens with one attached hydrogen (secondary N) is 1. The number of hydrogen-bond acceptors (Lipinski definition) is 4. The lowest BCUT2D eigenvalue weighted by atomic mass is 10.1. The molecule has 0 fully saturated rings. The van der Waals surface area contributed by atoms with E-state index in [9.17, 15) is 26.7 Å². The van der Waals surface area contributed by atoms with Crippen molar-refractivity contribution in [3.8, 4) is 11.6 Å². The molecule has 0 aliphatic rings. The third-order valence-electron chi connectivity index (χ3n) is 5.33. The Hall–Kier alpha value is -4.05. The van der Waals surface area contributed by atoms with Crippen LogP contribution in [0.1, 0.15) is 27.0 Å². The zero-order chi connectivity index (χ0) is 26.8. The first-order valence-electron chi connectivity index (χ1n) is 10.7. The summed E-state index contributed by atoms with van der Waals surface area (Å²) in [5.74, 6) is -5.27. The summed E-state index contributed by atoms with van der Waals surface area (Å²) in [6.07, 6.45) is -3.19. The number of rotatable bonds is 7. The molecule has 0 bridgehead atoms. The van der Waals surface area contributed by atoms with Gasteiger partial charge in [0.05, 0.1) is 22.6 Å². The van der Waals surface area contributed by atoms with E-state index < -0.39 is 41.6 Å². The van der Waals surface area contributed by atoms with Crippen molar-refractivity contribution in [2.24, 2.45) is 0 Å². The Kier molecular flexibility index (Phi) is 7.13. The van der Waals surface area contributed by atoms with Gasteiger partial charge in [-0.2, -0.15) is 22.0 Å². The predicted molar refractivity (Wildman–Crippen MR) is 129 cm³/mol. The molecule has 0 saturated heterocycles. The summed E-state index contributed by atoms with van der Waals surface area (Å²) in [6.45, 7) is 2.43. The molecule has 0 unspecified atom stereocenters. The number of aromatic nitrogens is 2. The van der Waals surface area contributed by atoms with Gasteiger partial charge in [0.25, 0.3) is 17.7 Å². The smallest absolute Gasteiger partial charge is 0.416 e. The second kappa shape index (κ2) is 10.1. The summed E-state index contributed by atoms with van der Waals surface area (Å²) in [6, 6.07) is 14.0. The largest absolute Gasteiger partial charge is 0.437 e. The molecule has 1 amide bonds. The van der Waals surface area contributed by atoms with Gasteiger partial charge in [0.15, 0.2) is 0 Å². The van der Waals surface area contributed by atoms with Crippen molar-refractivity contribution >= 4 is 34.5 Å². The first-order chi connectivity index (χ1) is 17.5. The molecular weight excluding hydrogens is 517 g/mol.